The number of nitrogens with one attached hydrogen (secondary N) is 1. The highest BCUT2D eigenvalue weighted by atomic mass is 19.1. The Kier molecular flexibility index (Phi) is 3.33. The number of halogens is 1. The van der Waals surface area contributed by atoms with Gasteiger partial charge in [0.2, 0.25) is 0 Å². The zero-order chi connectivity index (χ0) is 10.1. The third-order valence-corrected chi connectivity index (χ3v) is 3.15. The normalized spacial score (nSPS) is 32.1. The van der Waals surface area contributed by atoms with Crippen LogP contribution >= 0.6 is 0 Å². The zero-order valence-electron chi connectivity index (χ0n) is 9.23. The molecule has 78 valence electrons. The Morgan fingerprint density at radius 1 is 1.31 bits per heavy atom. The van der Waals surface area contributed by atoms with Crippen molar-refractivity contribution >= 4 is 0 Å². The van der Waals surface area contributed by atoms with Crippen LogP contribution in [0.25, 0.3) is 0 Å². The van der Waals surface area contributed by atoms with Crippen LogP contribution < -0.4 is 5.32 Å². The fourth-order valence-corrected chi connectivity index (χ4v) is 1.68. The van der Waals surface area contributed by atoms with Gasteiger partial charge in [-0.25, -0.2) is 4.39 Å². The highest BCUT2D eigenvalue weighted by Crippen LogP contribution is 2.25. The molecule has 0 bridgehead atoms. The number of rotatable bonds is 2. The fraction of sp³-hybridized carbons (Fsp3) is 1.00. The van der Waals surface area contributed by atoms with Crippen molar-refractivity contribution in [1.82, 2.24) is 5.32 Å². The van der Waals surface area contributed by atoms with Gasteiger partial charge in [-0.1, -0.05) is 20.8 Å². The Labute approximate surface area is 81.1 Å². The molecule has 0 aromatic rings. The molecule has 0 aromatic carbocycles. The second kappa shape index (κ2) is 3.95. The average molecular weight is 187 g/mol. The number of hydrogen-bond acceptors (Lipinski definition) is 1. The first-order valence-electron chi connectivity index (χ1n) is 5.29. The lowest BCUT2D eigenvalue weighted by Crippen LogP contribution is -2.42. The second-order valence-corrected chi connectivity index (χ2v) is 5.36. The summed E-state index contributed by atoms with van der Waals surface area (Å²) in [7, 11) is 0. The summed E-state index contributed by atoms with van der Waals surface area (Å²) in [4.78, 5) is 0. The summed E-state index contributed by atoms with van der Waals surface area (Å²) in [5, 5.41) is 3.51. The molecule has 1 aliphatic carbocycles. The van der Waals surface area contributed by atoms with Gasteiger partial charge in [0.25, 0.3) is 0 Å². The summed E-state index contributed by atoms with van der Waals surface area (Å²) in [6.07, 6.45) is 1.89. The predicted octanol–water partition coefficient (Wildman–Crippen LogP) is 2.90. The highest BCUT2D eigenvalue weighted by Gasteiger charge is 2.28. The lowest BCUT2D eigenvalue weighted by atomic mass is 9.87. The fourth-order valence-electron chi connectivity index (χ4n) is 1.68. The van der Waals surface area contributed by atoms with Crippen molar-refractivity contribution in [1.29, 1.82) is 0 Å². The molecule has 0 spiro atoms. The van der Waals surface area contributed by atoms with Crippen LogP contribution in [0.4, 0.5) is 4.39 Å². The van der Waals surface area contributed by atoms with Gasteiger partial charge in [-0.05, 0) is 31.6 Å². The topological polar surface area (TPSA) is 12.0 Å². The van der Waals surface area contributed by atoms with Crippen LogP contribution in [0.5, 0.6) is 0 Å². The molecule has 0 aliphatic heterocycles. The Morgan fingerprint density at radius 2 is 1.92 bits per heavy atom. The van der Waals surface area contributed by atoms with Gasteiger partial charge in [-0.3, -0.25) is 0 Å². The summed E-state index contributed by atoms with van der Waals surface area (Å²) in [6, 6.07) is 0.868. The van der Waals surface area contributed by atoms with Crippen LogP contribution in [0, 0.1) is 5.41 Å². The molecule has 1 N–H and O–H groups in total. The Morgan fingerprint density at radius 3 is 2.31 bits per heavy atom. The highest BCUT2D eigenvalue weighted by molar-refractivity contribution is 4.85. The molecule has 1 saturated carbocycles. The van der Waals surface area contributed by atoms with E-state index in [4.69, 9.17) is 0 Å². The summed E-state index contributed by atoms with van der Waals surface area (Å²) >= 11 is 0. The van der Waals surface area contributed by atoms with Gasteiger partial charge in [-0.15, -0.1) is 0 Å². The van der Waals surface area contributed by atoms with Gasteiger partial charge in [0, 0.05) is 12.1 Å². The van der Waals surface area contributed by atoms with Crippen molar-refractivity contribution in [3.8, 4) is 0 Å². The summed E-state index contributed by atoms with van der Waals surface area (Å²) in [5.74, 6) is 0. The van der Waals surface area contributed by atoms with Crippen LogP contribution in [-0.4, -0.2) is 18.3 Å². The molecule has 0 radical (unpaired) electrons. The molecule has 0 amide bonds. The standard InChI is InChI=1S/C11H22FN/c1-8(11(2,3)4)13-10-6-5-9(12)7-10/h8-10,13H,5-7H2,1-4H3. The van der Waals surface area contributed by atoms with Crippen LogP contribution in [-0.2, 0) is 0 Å². The lowest BCUT2D eigenvalue weighted by Gasteiger charge is -2.30. The molecule has 3 unspecified atom stereocenters. The molecular formula is C11H22FN. The Bertz CT molecular complexity index is 162. The van der Waals surface area contributed by atoms with Gasteiger partial charge >= 0.3 is 0 Å². The Hall–Kier alpha value is -0.110. The van der Waals surface area contributed by atoms with E-state index in [-0.39, 0.29) is 5.41 Å². The van der Waals surface area contributed by atoms with Crippen molar-refractivity contribution in [2.45, 2.75) is 65.2 Å². The van der Waals surface area contributed by atoms with E-state index >= 15 is 0 Å². The van der Waals surface area contributed by atoms with E-state index in [0.717, 1.165) is 12.8 Å². The van der Waals surface area contributed by atoms with Crippen molar-refractivity contribution in [3.63, 3.8) is 0 Å². The summed E-state index contributed by atoms with van der Waals surface area (Å²) < 4.78 is 12.9. The molecule has 0 saturated heterocycles. The van der Waals surface area contributed by atoms with E-state index < -0.39 is 6.17 Å². The predicted molar refractivity (Wildman–Crippen MR) is 54.6 cm³/mol. The maximum Gasteiger partial charge on any atom is 0.102 e. The molecule has 3 atom stereocenters. The molecule has 1 aliphatic rings. The molecule has 2 heteroatoms. The molecule has 0 aromatic heterocycles. The van der Waals surface area contributed by atoms with E-state index in [1.807, 2.05) is 0 Å². The van der Waals surface area contributed by atoms with Crippen LogP contribution in [0.2, 0.25) is 0 Å². The summed E-state index contributed by atoms with van der Waals surface area (Å²) in [5.41, 5.74) is 0.272. The molecule has 0 heterocycles. The lowest BCUT2D eigenvalue weighted by molar-refractivity contribution is 0.255. The summed E-state index contributed by atoms with van der Waals surface area (Å²) in [6.45, 7) is 8.83. The third kappa shape index (κ3) is 3.26. The average Bonchev–Trinajstić information content (AvgIpc) is 2.33. The van der Waals surface area contributed by atoms with E-state index in [0.29, 0.717) is 18.5 Å². The van der Waals surface area contributed by atoms with Gasteiger partial charge in [0.05, 0.1) is 0 Å². The first kappa shape index (κ1) is 11.0. The first-order valence-corrected chi connectivity index (χ1v) is 5.29. The first-order chi connectivity index (χ1) is 5.89. The van der Waals surface area contributed by atoms with Gasteiger partial charge in [-0.2, -0.15) is 0 Å². The maximum absolute atomic E-state index is 12.9. The van der Waals surface area contributed by atoms with Gasteiger partial charge in [0.1, 0.15) is 6.17 Å². The Balaban J connectivity index is 2.33. The van der Waals surface area contributed by atoms with E-state index in [9.17, 15) is 4.39 Å². The second-order valence-electron chi connectivity index (χ2n) is 5.36. The van der Waals surface area contributed by atoms with Gasteiger partial charge in [0.15, 0.2) is 0 Å². The third-order valence-electron chi connectivity index (χ3n) is 3.15. The minimum atomic E-state index is -0.565. The van der Waals surface area contributed by atoms with Crippen molar-refractivity contribution in [2.75, 3.05) is 0 Å². The quantitative estimate of drug-likeness (QED) is 0.701. The van der Waals surface area contributed by atoms with E-state index in [1.54, 1.807) is 0 Å². The maximum atomic E-state index is 12.9. The van der Waals surface area contributed by atoms with Crippen LogP contribution in [0.3, 0.4) is 0 Å². The number of alkyl halides is 1. The largest absolute Gasteiger partial charge is 0.311 e. The van der Waals surface area contributed by atoms with Gasteiger partial charge < -0.3 is 5.32 Å². The number of hydrogen-bond donors (Lipinski definition) is 1. The molecule has 1 rings (SSSR count). The minimum absolute atomic E-state index is 0.272. The van der Waals surface area contributed by atoms with E-state index in [1.165, 1.54) is 0 Å². The van der Waals surface area contributed by atoms with Crippen molar-refractivity contribution in [2.24, 2.45) is 5.41 Å². The SMILES string of the molecule is CC(NC1CCC(F)C1)C(C)(C)C. The minimum Gasteiger partial charge on any atom is -0.311 e. The molecule has 13 heavy (non-hydrogen) atoms. The van der Waals surface area contributed by atoms with E-state index in [2.05, 4.69) is 33.0 Å². The smallest absolute Gasteiger partial charge is 0.102 e. The van der Waals surface area contributed by atoms with Crippen LogP contribution in [0.15, 0.2) is 0 Å². The molecule has 1 fully saturated rings. The monoisotopic (exact) mass is 187 g/mol. The van der Waals surface area contributed by atoms with Crippen LogP contribution in [0.1, 0.15) is 47.0 Å². The molecular weight excluding hydrogens is 165 g/mol. The molecule has 1 nitrogen and oxygen atoms in total. The van der Waals surface area contributed by atoms with Crippen molar-refractivity contribution in [3.05, 3.63) is 0 Å². The zero-order valence-corrected chi connectivity index (χ0v) is 9.23. The van der Waals surface area contributed by atoms with Crippen molar-refractivity contribution < 1.29 is 4.39 Å².